The number of rotatable bonds is 15. The Kier molecular flexibility index (Phi) is 13.7. The molecular formula is C36H54O8. The maximum atomic E-state index is 12.2. The van der Waals surface area contributed by atoms with Gasteiger partial charge in [-0.2, -0.15) is 0 Å². The van der Waals surface area contributed by atoms with Crippen LogP contribution in [0.25, 0.3) is 0 Å². The molecule has 8 nitrogen and oxygen atoms in total. The summed E-state index contributed by atoms with van der Waals surface area (Å²) in [6.07, 6.45) is 1.59. The van der Waals surface area contributed by atoms with Gasteiger partial charge in [0, 0.05) is 12.8 Å². The Hall–Kier alpha value is -3.10. The zero-order valence-electron chi connectivity index (χ0n) is 28.6. The van der Waals surface area contributed by atoms with E-state index in [2.05, 4.69) is 41.5 Å². The van der Waals surface area contributed by atoms with E-state index in [0.717, 1.165) is 44.5 Å². The summed E-state index contributed by atoms with van der Waals surface area (Å²) in [5.41, 5.74) is 7.12. The highest BCUT2D eigenvalue weighted by atomic mass is 16.6. The molecule has 0 aromatic heterocycles. The number of benzene rings is 2. The van der Waals surface area contributed by atoms with Crippen LogP contribution in [0.2, 0.25) is 0 Å². The quantitative estimate of drug-likeness (QED) is 0.170. The first kappa shape index (κ1) is 37.1. The van der Waals surface area contributed by atoms with Crippen LogP contribution < -0.4 is 0 Å². The van der Waals surface area contributed by atoms with Crippen LogP contribution in [0.1, 0.15) is 98.9 Å². The van der Waals surface area contributed by atoms with Crippen LogP contribution >= 0.6 is 0 Å². The fourth-order valence-electron chi connectivity index (χ4n) is 4.97. The van der Waals surface area contributed by atoms with Crippen molar-refractivity contribution in [1.82, 2.24) is 0 Å². The zero-order chi connectivity index (χ0) is 33.2. The minimum Gasteiger partial charge on any atom is -0.507 e. The highest BCUT2D eigenvalue weighted by Gasteiger charge is 2.23. The van der Waals surface area contributed by atoms with Crippen LogP contribution in [0.3, 0.4) is 0 Å². The summed E-state index contributed by atoms with van der Waals surface area (Å²) in [6, 6.07) is 3.99. The third-order valence-corrected chi connectivity index (χ3v) is 8.11. The maximum Gasteiger partial charge on any atom is 0.306 e. The summed E-state index contributed by atoms with van der Waals surface area (Å²) >= 11 is 0. The van der Waals surface area contributed by atoms with Gasteiger partial charge in [0.05, 0.1) is 26.4 Å². The van der Waals surface area contributed by atoms with Gasteiger partial charge in [-0.1, -0.05) is 53.7 Å². The van der Waals surface area contributed by atoms with Gasteiger partial charge in [0.2, 0.25) is 0 Å². The number of aryl methyl sites for hydroxylation is 2. The molecule has 0 saturated carbocycles. The first-order valence-electron chi connectivity index (χ1n) is 15.6. The minimum atomic E-state index is -0.292. The summed E-state index contributed by atoms with van der Waals surface area (Å²) in [7, 11) is 0. The lowest BCUT2D eigenvalue weighted by atomic mass is 9.82. The molecule has 44 heavy (non-hydrogen) atoms. The lowest BCUT2D eigenvalue weighted by Crippen LogP contribution is -2.16. The van der Waals surface area contributed by atoms with Crippen molar-refractivity contribution in [1.29, 1.82) is 0 Å². The standard InChI is InChI=1S/C36H54O8/c1-23-25(3)33(39)29(35(5,6)7)21-27(23)11-13-31(37)43-19-17-41-15-16-42-18-20-44-32(38)14-12-28-22-30(36(8,9)10)34(40)26(4)24(28)2/h21-22,39-40H,11-20H2,1-10H3. The minimum absolute atomic E-state index is 0.161. The van der Waals surface area contributed by atoms with Crippen molar-refractivity contribution in [2.75, 3.05) is 39.6 Å². The Balaban J connectivity index is 1.58. The Labute approximate surface area is 264 Å². The Bertz CT molecular complexity index is 1180. The first-order valence-corrected chi connectivity index (χ1v) is 15.6. The van der Waals surface area contributed by atoms with Crippen molar-refractivity contribution in [2.24, 2.45) is 0 Å². The fourth-order valence-corrected chi connectivity index (χ4v) is 4.97. The molecule has 0 unspecified atom stereocenters. The van der Waals surface area contributed by atoms with Crippen molar-refractivity contribution < 1.29 is 38.7 Å². The monoisotopic (exact) mass is 614 g/mol. The normalized spacial score (nSPS) is 12.0. The summed E-state index contributed by atoms with van der Waals surface area (Å²) in [4.78, 5) is 24.5. The van der Waals surface area contributed by atoms with E-state index in [1.807, 2.05) is 39.8 Å². The van der Waals surface area contributed by atoms with Crippen molar-refractivity contribution in [3.05, 3.63) is 56.6 Å². The van der Waals surface area contributed by atoms with E-state index < -0.39 is 0 Å². The smallest absolute Gasteiger partial charge is 0.306 e. The molecule has 2 N–H and O–H groups in total. The third kappa shape index (κ3) is 10.8. The van der Waals surface area contributed by atoms with Crippen molar-refractivity contribution >= 4 is 11.9 Å². The molecule has 0 spiro atoms. The van der Waals surface area contributed by atoms with E-state index in [0.29, 0.717) is 37.6 Å². The summed E-state index contributed by atoms with van der Waals surface area (Å²) < 4.78 is 21.5. The van der Waals surface area contributed by atoms with Gasteiger partial charge in [-0.25, -0.2) is 0 Å². The second-order valence-corrected chi connectivity index (χ2v) is 13.5. The molecular weight excluding hydrogens is 560 g/mol. The molecule has 0 aliphatic carbocycles. The van der Waals surface area contributed by atoms with Gasteiger partial charge in [0.15, 0.2) is 0 Å². The molecule has 0 aliphatic heterocycles. The van der Waals surface area contributed by atoms with Crippen LogP contribution in [0.15, 0.2) is 12.1 Å². The average Bonchev–Trinajstić information content (AvgIpc) is 2.93. The highest BCUT2D eigenvalue weighted by Crippen LogP contribution is 2.37. The van der Waals surface area contributed by atoms with Crippen molar-refractivity contribution in [3.63, 3.8) is 0 Å². The number of phenols is 2. The molecule has 2 aromatic rings. The number of aromatic hydroxyl groups is 2. The van der Waals surface area contributed by atoms with Gasteiger partial charge in [-0.3, -0.25) is 9.59 Å². The lowest BCUT2D eigenvalue weighted by Gasteiger charge is -2.24. The summed E-state index contributed by atoms with van der Waals surface area (Å²) in [5, 5.41) is 21.1. The van der Waals surface area contributed by atoms with Gasteiger partial charge in [0.25, 0.3) is 0 Å². The predicted octanol–water partition coefficient (Wildman–Crippen LogP) is 6.61. The number of hydrogen-bond donors (Lipinski definition) is 2. The molecule has 2 rings (SSSR count). The Morgan fingerprint density at radius 3 is 1.20 bits per heavy atom. The van der Waals surface area contributed by atoms with Crippen LogP contribution in [0.4, 0.5) is 0 Å². The molecule has 0 amide bonds. The molecule has 0 radical (unpaired) electrons. The van der Waals surface area contributed by atoms with E-state index >= 15 is 0 Å². The Morgan fingerprint density at radius 1 is 0.568 bits per heavy atom. The number of esters is 2. The molecule has 246 valence electrons. The van der Waals surface area contributed by atoms with Crippen LogP contribution in [-0.4, -0.2) is 61.8 Å². The highest BCUT2D eigenvalue weighted by molar-refractivity contribution is 5.70. The molecule has 0 saturated heterocycles. The van der Waals surface area contributed by atoms with Crippen molar-refractivity contribution in [2.45, 2.75) is 106 Å². The largest absolute Gasteiger partial charge is 0.507 e. The predicted molar refractivity (Wildman–Crippen MR) is 173 cm³/mol. The zero-order valence-corrected chi connectivity index (χ0v) is 28.6. The average molecular weight is 615 g/mol. The van der Waals surface area contributed by atoms with E-state index in [4.69, 9.17) is 18.9 Å². The van der Waals surface area contributed by atoms with Crippen LogP contribution in [0.5, 0.6) is 11.5 Å². The number of phenolic OH excluding ortho intramolecular Hbond substituents is 2. The third-order valence-electron chi connectivity index (χ3n) is 8.11. The van der Waals surface area contributed by atoms with Crippen molar-refractivity contribution in [3.8, 4) is 11.5 Å². The summed E-state index contributed by atoms with van der Waals surface area (Å²) in [5.74, 6) is 0.0643. The molecule has 0 fully saturated rings. The lowest BCUT2D eigenvalue weighted by molar-refractivity contribution is -0.147. The SMILES string of the molecule is Cc1c(CCC(=O)OCCOCCOCCOC(=O)CCc2cc(C(C)(C)C)c(O)c(C)c2C)cc(C(C)(C)C)c(O)c1C. The second kappa shape index (κ2) is 16.3. The molecule has 0 atom stereocenters. The van der Waals surface area contributed by atoms with Gasteiger partial charge in [-0.05, 0) is 95.9 Å². The van der Waals surface area contributed by atoms with E-state index in [-0.39, 0.29) is 62.0 Å². The molecule has 0 heterocycles. The van der Waals surface area contributed by atoms with E-state index in [9.17, 15) is 19.8 Å². The van der Waals surface area contributed by atoms with Crippen LogP contribution in [-0.2, 0) is 52.2 Å². The maximum absolute atomic E-state index is 12.2. The van der Waals surface area contributed by atoms with Gasteiger partial charge < -0.3 is 29.2 Å². The molecule has 0 aliphatic rings. The van der Waals surface area contributed by atoms with Gasteiger partial charge in [0.1, 0.15) is 24.7 Å². The first-order chi connectivity index (χ1) is 20.4. The van der Waals surface area contributed by atoms with Gasteiger partial charge in [-0.15, -0.1) is 0 Å². The number of carbonyl (C=O) groups excluding carboxylic acids is 2. The Morgan fingerprint density at radius 2 is 0.886 bits per heavy atom. The second-order valence-electron chi connectivity index (χ2n) is 13.5. The molecule has 8 heteroatoms. The molecule has 2 aromatic carbocycles. The van der Waals surface area contributed by atoms with E-state index in [1.165, 1.54) is 0 Å². The number of hydrogen-bond acceptors (Lipinski definition) is 8. The summed E-state index contributed by atoms with van der Waals surface area (Å²) in [6.45, 7) is 21.6. The topological polar surface area (TPSA) is 112 Å². The van der Waals surface area contributed by atoms with Gasteiger partial charge >= 0.3 is 11.9 Å². The molecule has 0 bridgehead atoms. The van der Waals surface area contributed by atoms with E-state index in [1.54, 1.807) is 0 Å². The fraction of sp³-hybridized carbons (Fsp3) is 0.611. The number of ether oxygens (including phenoxy) is 4. The number of carbonyl (C=O) groups is 2. The van der Waals surface area contributed by atoms with Crippen LogP contribution in [0, 0.1) is 27.7 Å².